The molecule has 0 radical (unpaired) electrons. The van der Waals surface area contributed by atoms with E-state index in [4.69, 9.17) is 0 Å². The van der Waals surface area contributed by atoms with Crippen LogP contribution in [-0.4, -0.2) is 37.8 Å². The molecule has 1 unspecified atom stereocenters. The molecule has 2 nitrogen and oxygen atoms in total. The molecule has 0 amide bonds. The van der Waals surface area contributed by atoms with Gasteiger partial charge in [0.25, 0.3) is 0 Å². The molecular weight excluding hydrogens is 292 g/mol. The maximum atomic E-state index is 3.84. The van der Waals surface area contributed by atoms with E-state index in [1.165, 1.54) is 96.4 Å². The summed E-state index contributed by atoms with van der Waals surface area (Å²) < 4.78 is 0.999. The molecule has 0 rings (SSSR count). The van der Waals surface area contributed by atoms with Gasteiger partial charge in [-0.25, -0.2) is 0 Å². The van der Waals surface area contributed by atoms with Crippen molar-refractivity contribution in [3.63, 3.8) is 0 Å². The molecule has 0 spiro atoms. The fourth-order valence-corrected chi connectivity index (χ4v) is 3.47. The Balaban J connectivity index is 3.50. The van der Waals surface area contributed by atoms with Crippen LogP contribution in [0.1, 0.15) is 111 Å². The van der Waals surface area contributed by atoms with Gasteiger partial charge in [-0.1, -0.05) is 84.5 Å². The summed E-state index contributed by atoms with van der Waals surface area (Å²) in [4.78, 5) is 0. The highest BCUT2D eigenvalue weighted by atomic mass is 15.4. The van der Waals surface area contributed by atoms with Crippen LogP contribution < -0.4 is 5.32 Å². The van der Waals surface area contributed by atoms with Gasteiger partial charge < -0.3 is 4.48 Å². The molecule has 0 aromatic heterocycles. The van der Waals surface area contributed by atoms with E-state index in [0.29, 0.717) is 0 Å². The van der Waals surface area contributed by atoms with E-state index in [1.807, 2.05) is 0 Å². The maximum absolute atomic E-state index is 3.84. The Labute approximate surface area is 154 Å². The molecule has 0 aliphatic heterocycles. The van der Waals surface area contributed by atoms with Crippen molar-refractivity contribution in [3.05, 3.63) is 0 Å². The Hall–Kier alpha value is -0.0800. The Morgan fingerprint density at radius 3 is 1.42 bits per heavy atom. The Morgan fingerprint density at radius 1 is 0.625 bits per heavy atom. The predicted molar refractivity (Wildman–Crippen MR) is 110 cm³/mol. The smallest absolute Gasteiger partial charge is 0.149 e. The zero-order valence-corrected chi connectivity index (χ0v) is 18.1. The van der Waals surface area contributed by atoms with Gasteiger partial charge in [-0.15, -0.1) is 0 Å². The first-order valence-electron chi connectivity index (χ1n) is 10.9. The summed E-state index contributed by atoms with van der Waals surface area (Å²) in [7, 11) is 6.93. The largest absolute Gasteiger partial charge is 0.314 e. The highest BCUT2D eigenvalue weighted by Gasteiger charge is 2.36. The molecule has 0 aliphatic carbocycles. The number of nitrogens with zero attached hydrogens (tertiary/aromatic N) is 1. The van der Waals surface area contributed by atoms with E-state index in [0.717, 1.165) is 4.48 Å². The Bertz CT molecular complexity index is 270. The van der Waals surface area contributed by atoms with Crippen molar-refractivity contribution < 1.29 is 4.48 Å². The molecule has 1 N–H and O–H groups in total. The molecule has 0 heterocycles. The van der Waals surface area contributed by atoms with Gasteiger partial charge in [-0.3, -0.25) is 5.32 Å². The summed E-state index contributed by atoms with van der Waals surface area (Å²) in [5, 5.41) is 3.84. The van der Waals surface area contributed by atoms with Crippen molar-refractivity contribution >= 4 is 0 Å². The lowest BCUT2D eigenvalue weighted by Gasteiger charge is -2.44. The van der Waals surface area contributed by atoms with Crippen molar-refractivity contribution in [3.8, 4) is 0 Å². The molecule has 0 saturated carbocycles. The van der Waals surface area contributed by atoms with E-state index in [2.05, 4.69) is 47.2 Å². The average molecular weight is 342 g/mol. The first kappa shape index (κ1) is 23.9. The standard InChI is InChI=1S/C22H49N2/c1-7-9-10-11-12-13-14-15-16-17-18-19-21-23-22(3,20-8-2)24(4,5)6/h23H,7-21H2,1-6H3/q+1. The minimum Gasteiger partial charge on any atom is -0.314 e. The predicted octanol–water partition coefficient (Wildman–Crippen LogP) is 6.50. The zero-order valence-electron chi connectivity index (χ0n) is 18.1. The van der Waals surface area contributed by atoms with Crippen LogP contribution in [0.2, 0.25) is 0 Å². The number of hydrogen-bond acceptors (Lipinski definition) is 1. The molecule has 2 heteroatoms. The number of nitrogens with one attached hydrogen (secondary N) is 1. The van der Waals surface area contributed by atoms with E-state index < -0.39 is 0 Å². The van der Waals surface area contributed by atoms with Crippen LogP contribution in [0.3, 0.4) is 0 Å². The minimum atomic E-state index is 0.215. The summed E-state index contributed by atoms with van der Waals surface area (Å²) in [6.45, 7) is 8.14. The van der Waals surface area contributed by atoms with Crippen LogP contribution in [0.4, 0.5) is 0 Å². The van der Waals surface area contributed by atoms with Crippen LogP contribution in [0, 0.1) is 0 Å². The van der Waals surface area contributed by atoms with Gasteiger partial charge in [0.1, 0.15) is 5.66 Å². The number of quaternary nitrogens is 1. The molecule has 0 bridgehead atoms. The van der Waals surface area contributed by atoms with E-state index in [1.54, 1.807) is 0 Å². The average Bonchev–Trinajstić information content (AvgIpc) is 2.51. The third kappa shape index (κ3) is 11.5. The van der Waals surface area contributed by atoms with Crippen molar-refractivity contribution in [2.24, 2.45) is 0 Å². The lowest BCUT2D eigenvalue weighted by molar-refractivity contribution is -0.926. The van der Waals surface area contributed by atoms with Gasteiger partial charge in [0.15, 0.2) is 0 Å². The summed E-state index contributed by atoms with van der Waals surface area (Å²) in [5.74, 6) is 0. The van der Waals surface area contributed by atoms with E-state index in [-0.39, 0.29) is 5.66 Å². The first-order valence-corrected chi connectivity index (χ1v) is 10.9. The van der Waals surface area contributed by atoms with Crippen LogP contribution in [0.15, 0.2) is 0 Å². The lowest BCUT2D eigenvalue weighted by atomic mass is 10.0. The molecule has 146 valence electrons. The lowest BCUT2D eigenvalue weighted by Crippen LogP contribution is -2.63. The molecular formula is C22H49N2+. The quantitative estimate of drug-likeness (QED) is 0.181. The van der Waals surface area contributed by atoms with Gasteiger partial charge in [0.05, 0.1) is 21.1 Å². The topological polar surface area (TPSA) is 12.0 Å². The van der Waals surface area contributed by atoms with Crippen LogP contribution in [-0.2, 0) is 0 Å². The van der Waals surface area contributed by atoms with Crippen molar-refractivity contribution in [1.29, 1.82) is 0 Å². The third-order valence-corrected chi connectivity index (χ3v) is 5.75. The number of unbranched alkanes of at least 4 members (excludes halogenated alkanes) is 11. The minimum absolute atomic E-state index is 0.215. The van der Waals surface area contributed by atoms with Gasteiger partial charge in [0, 0.05) is 19.9 Å². The fourth-order valence-electron chi connectivity index (χ4n) is 3.47. The highest BCUT2D eigenvalue weighted by molar-refractivity contribution is 4.71. The fraction of sp³-hybridized carbons (Fsp3) is 1.00. The van der Waals surface area contributed by atoms with Crippen molar-refractivity contribution in [2.45, 2.75) is 116 Å². The number of hydrogen-bond donors (Lipinski definition) is 1. The van der Waals surface area contributed by atoms with Gasteiger partial charge in [-0.2, -0.15) is 0 Å². The Morgan fingerprint density at radius 2 is 1.04 bits per heavy atom. The summed E-state index contributed by atoms with van der Waals surface area (Å²) >= 11 is 0. The van der Waals surface area contributed by atoms with Crippen LogP contribution in [0.25, 0.3) is 0 Å². The molecule has 1 atom stereocenters. The second-order valence-corrected chi connectivity index (χ2v) is 8.85. The summed E-state index contributed by atoms with van der Waals surface area (Å²) in [6.07, 6.45) is 19.6. The number of rotatable bonds is 17. The van der Waals surface area contributed by atoms with Gasteiger partial charge >= 0.3 is 0 Å². The molecule has 0 aliphatic rings. The molecule has 0 aromatic rings. The second kappa shape index (κ2) is 14.1. The van der Waals surface area contributed by atoms with E-state index >= 15 is 0 Å². The second-order valence-electron chi connectivity index (χ2n) is 8.85. The SMILES string of the molecule is CCCCCCCCCCCCCCNC(C)(CCC)[N+](C)(C)C. The monoisotopic (exact) mass is 341 g/mol. The Kier molecular flexibility index (Phi) is 14.1. The first-order chi connectivity index (χ1) is 11.4. The molecule has 0 aromatic carbocycles. The summed E-state index contributed by atoms with van der Waals surface area (Å²) in [5.41, 5.74) is 0.215. The molecule has 24 heavy (non-hydrogen) atoms. The highest BCUT2D eigenvalue weighted by Crippen LogP contribution is 2.21. The van der Waals surface area contributed by atoms with Crippen LogP contribution >= 0.6 is 0 Å². The zero-order chi connectivity index (χ0) is 18.3. The third-order valence-electron chi connectivity index (χ3n) is 5.75. The van der Waals surface area contributed by atoms with E-state index in [9.17, 15) is 0 Å². The normalized spacial score (nSPS) is 14.8. The van der Waals surface area contributed by atoms with Crippen LogP contribution in [0.5, 0.6) is 0 Å². The van der Waals surface area contributed by atoms with Gasteiger partial charge in [-0.05, 0) is 12.8 Å². The molecule has 0 fully saturated rings. The van der Waals surface area contributed by atoms with Gasteiger partial charge in [0.2, 0.25) is 0 Å². The maximum Gasteiger partial charge on any atom is 0.149 e. The summed E-state index contributed by atoms with van der Waals surface area (Å²) in [6, 6.07) is 0. The molecule has 0 saturated heterocycles. The van der Waals surface area contributed by atoms with Crippen molar-refractivity contribution in [1.82, 2.24) is 5.32 Å². The van der Waals surface area contributed by atoms with Crippen molar-refractivity contribution in [2.75, 3.05) is 27.7 Å².